The number of nitrogens with one attached hydrogen (secondary N) is 1. The number of rotatable bonds is 10. The second-order valence-electron chi connectivity index (χ2n) is 10.2. The number of likely N-dealkylation sites (N-methyl/N-ethyl adjacent to an activating group) is 1. The molecule has 1 aliphatic heterocycles. The Morgan fingerprint density at radius 2 is 1.62 bits per heavy atom. The number of aryl methyl sites for hydroxylation is 1. The lowest BCUT2D eigenvalue weighted by atomic mass is 10.1. The van der Waals surface area contributed by atoms with Crippen LogP contribution in [-0.2, 0) is 25.8 Å². The largest absolute Gasteiger partial charge is 0.569 e. The zero-order chi connectivity index (χ0) is 34.1. The van der Waals surface area contributed by atoms with Crippen molar-refractivity contribution < 1.29 is 45.8 Å². The van der Waals surface area contributed by atoms with E-state index in [0.29, 0.717) is 10.6 Å². The first-order chi connectivity index (χ1) is 22.2. The number of benzene rings is 3. The fourth-order valence-corrected chi connectivity index (χ4v) is 5.45. The molecule has 0 bridgehead atoms. The van der Waals surface area contributed by atoms with Gasteiger partial charge in [0.2, 0.25) is 12.0 Å². The van der Waals surface area contributed by atoms with E-state index < -0.39 is 57.8 Å². The van der Waals surface area contributed by atoms with E-state index in [1.165, 1.54) is 24.3 Å². The standard InChI is InChI=1S/C29H24F3N7O7S/c1-18-7-9-19(10-8-18)24-15-25(29(30,31)32)33-38(24)20-11-13-21(14-12-20)47(44,45)34-26(40)16-36(2)39(43)35-46-17-37-27(41)22-5-3-4-6-23(22)28(37)42/h3-15H,16-17H2,1-2H3,(H,34,40)/b39-35-. The molecular weight excluding hydrogens is 647 g/mol. The maximum atomic E-state index is 13.5. The summed E-state index contributed by atoms with van der Waals surface area (Å²) >= 11 is 0. The molecule has 0 atom stereocenters. The van der Waals surface area contributed by atoms with Crippen LogP contribution >= 0.6 is 0 Å². The van der Waals surface area contributed by atoms with Crippen molar-refractivity contribution in [2.75, 3.05) is 20.3 Å². The number of carbonyl (C=O) groups excluding carboxylic acids is 3. The molecule has 0 aliphatic carbocycles. The maximum Gasteiger partial charge on any atom is 0.435 e. The van der Waals surface area contributed by atoms with E-state index in [9.17, 15) is 41.2 Å². The third-order valence-electron chi connectivity index (χ3n) is 6.84. The number of imide groups is 1. The van der Waals surface area contributed by atoms with Crippen LogP contribution in [0.4, 0.5) is 13.2 Å². The molecule has 0 saturated carbocycles. The van der Waals surface area contributed by atoms with Crippen molar-refractivity contribution in [3.05, 3.63) is 106 Å². The molecule has 0 unspecified atom stereocenters. The molecule has 3 amide bonds. The van der Waals surface area contributed by atoms with Gasteiger partial charge in [0.25, 0.3) is 27.7 Å². The lowest BCUT2D eigenvalue weighted by molar-refractivity contribution is -0.703. The summed E-state index contributed by atoms with van der Waals surface area (Å²) in [7, 11) is -3.39. The molecule has 1 N–H and O–H groups in total. The van der Waals surface area contributed by atoms with Gasteiger partial charge in [-0.25, -0.2) is 22.7 Å². The molecule has 3 aromatic carbocycles. The third-order valence-corrected chi connectivity index (χ3v) is 8.23. The highest BCUT2D eigenvalue weighted by Gasteiger charge is 2.36. The number of sulfonamides is 1. The van der Waals surface area contributed by atoms with Crippen molar-refractivity contribution in [3.63, 3.8) is 0 Å². The van der Waals surface area contributed by atoms with E-state index in [0.717, 1.165) is 40.4 Å². The normalized spacial score (nSPS) is 13.5. The Balaban J connectivity index is 1.22. The van der Waals surface area contributed by atoms with Crippen molar-refractivity contribution in [2.24, 2.45) is 5.28 Å². The second-order valence-corrected chi connectivity index (χ2v) is 11.9. The molecule has 47 heavy (non-hydrogen) atoms. The van der Waals surface area contributed by atoms with E-state index in [2.05, 4.69) is 10.4 Å². The Morgan fingerprint density at radius 3 is 2.19 bits per heavy atom. The van der Waals surface area contributed by atoms with E-state index in [4.69, 9.17) is 4.84 Å². The summed E-state index contributed by atoms with van der Waals surface area (Å²) in [6.07, 6.45) is -4.73. The number of nitrogens with zero attached hydrogens (tertiary/aromatic N) is 6. The summed E-state index contributed by atoms with van der Waals surface area (Å²) in [6.45, 7) is 0.314. The third kappa shape index (κ3) is 6.91. The zero-order valence-corrected chi connectivity index (χ0v) is 25.3. The molecule has 2 heterocycles. The van der Waals surface area contributed by atoms with E-state index in [1.54, 1.807) is 41.1 Å². The minimum atomic E-state index is -4.73. The Labute approximate surface area is 264 Å². The van der Waals surface area contributed by atoms with Gasteiger partial charge in [-0.2, -0.15) is 18.3 Å². The van der Waals surface area contributed by atoms with Gasteiger partial charge in [0.05, 0.1) is 39.4 Å². The van der Waals surface area contributed by atoms with Gasteiger partial charge >= 0.3 is 6.18 Å². The molecule has 244 valence electrons. The number of aromatic nitrogens is 2. The summed E-state index contributed by atoms with van der Waals surface area (Å²) in [4.78, 5) is 42.1. The van der Waals surface area contributed by atoms with Crippen LogP contribution in [0.3, 0.4) is 0 Å². The van der Waals surface area contributed by atoms with Crippen molar-refractivity contribution in [1.82, 2.24) is 24.4 Å². The zero-order valence-electron chi connectivity index (χ0n) is 24.5. The van der Waals surface area contributed by atoms with Gasteiger partial charge in [0.15, 0.2) is 12.2 Å². The van der Waals surface area contributed by atoms with Gasteiger partial charge in [0.1, 0.15) is 0 Å². The average Bonchev–Trinajstić information content (AvgIpc) is 3.58. The molecule has 0 saturated heterocycles. The summed E-state index contributed by atoms with van der Waals surface area (Å²) < 4.78 is 69.0. The molecule has 1 aromatic heterocycles. The first-order valence-electron chi connectivity index (χ1n) is 13.5. The number of carbonyl (C=O) groups is 3. The van der Waals surface area contributed by atoms with Crippen molar-refractivity contribution in [3.8, 4) is 16.9 Å². The number of amides is 3. The van der Waals surface area contributed by atoms with Gasteiger partial charge in [-0.05, 0) is 49.4 Å². The SMILES string of the molecule is Cc1ccc(-c2cc(C(F)(F)F)nn2-c2ccc(S(=O)(=O)NC(=O)CN(C)/[N+]([O-])=N/OCN3C(=O)c4ccccc4C3=O)cc2)cc1. The summed E-state index contributed by atoms with van der Waals surface area (Å²) in [6, 6.07) is 18.2. The lowest BCUT2D eigenvalue weighted by Crippen LogP contribution is -2.41. The van der Waals surface area contributed by atoms with Gasteiger partial charge in [0, 0.05) is 5.56 Å². The van der Waals surface area contributed by atoms with Crippen LogP contribution in [0.15, 0.2) is 89.0 Å². The van der Waals surface area contributed by atoms with Crippen LogP contribution < -0.4 is 4.72 Å². The predicted molar refractivity (Wildman–Crippen MR) is 156 cm³/mol. The van der Waals surface area contributed by atoms with Gasteiger partial charge < -0.3 is 10.0 Å². The fourth-order valence-electron chi connectivity index (χ4n) is 4.47. The van der Waals surface area contributed by atoms with Crippen molar-refractivity contribution in [2.45, 2.75) is 18.0 Å². The van der Waals surface area contributed by atoms with E-state index in [-0.39, 0.29) is 27.5 Å². The molecule has 0 fully saturated rings. The number of hydrazine groups is 1. The molecule has 18 heteroatoms. The minimum absolute atomic E-state index is 0.115. The van der Waals surface area contributed by atoms with Crippen molar-refractivity contribution >= 4 is 27.7 Å². The molecule has 4 aromatic rings. The van der Waals surface area contributed by atoms with Gasteiger partial charge in [-0.15, -0.1) is 5.01 Å². The Kier molecular flexibility index (Phi) is 8.70. The highest BCUT2D eigenvalue weighted by molar-refractivity contribution is 7.90. The van der Waals surface area contributed by atoms with Gasteiger partial charge in [-0.3, -0.25) is 14.4 Å². The number of hydrogen-bond donors (Lipinski definition) is 1. The monoisotopic (exact) mass is 671 g/mol. The van der Waals surface area contributed by atoms with E-state index in [1.807, 2.05) is 6.92 Å². The highest BCUT2D eigenvalue weighted by Crippen LogP contribution is 2.33. The quantitative estimate of drug-likeness (QED) is 0.114. The van der Waals surface area contributed by atoms with E-state index >= 15 is 0 Å². The number of fused-ring (bicyclic) bond motifs is 1. The molecule has 14 nitrogen and oxygen atoms in total. The van der Waals surface area contributed by atoms with Crippen molar-refractivity contribution in [1.29, 1.82) is 0 Å². The molecule has 0 radical (unpaired) electrons. The number of alkyl halides is 3. The molecule has 0 spiro atoms. The topological polar surface area (TPSA) is 169 Å². The fraction of sp³-hybridized carbons (Fsp3) is 0.172. The minimum Gasteiger partial charge on any atom is -0.569 e. The molecular formula is C29H24F3N7O7S. The van der Waals surface area contributed by atoms with Crippen LogP contribution in [0.25, 0.3) is 16.9 Å². The smallest absolute Gasteiger partial charge is 0.435 e. The van der Waals surface area contributed by atoms with Gasteiger partial charge in [-0.1, -0.05) is 42.0 Å². The number of hydrogen-bond acceptors (Lipinski definition) is 9. The first kappa shape index (κ1) is 32.6. The molecule has 1 aliphatic rings. The Hall–Kier alpha value is -5.78. The van der Waals surface area contributed by atoms with Crippen LogP contribution in [-0.4, -0.2) is 71.1 Å². The first-order valence-corrected chi connectivity index (χ1v) is 15.0. The maximum absolute atomic E-state index is 13.5. The summed E-state index contributed by atoms with van der Waals surface area (Å²) in [5, 5.41) is 19.7. The van der Waals surface area contributed by atoms with Crippen LogP contribution in [0.2, 0.25) is 0 Å². The van der Waals surface area contributed by atoms with Crippen LogP contribution in [0.1, 0.15) is 32.0 Å². The highest BCUT2D eigenvalue weighted by atomic mass is 32.2. The Bertz CT molecular complexity index is 1960. The second kappa shape index (κ2) is 12.5. The van der Waals surface area contributed by atoms with Crippen LogP contribution in [0, 0.1) is 12.1 Å². The average molecular weight is 672 g/mol. The van der Waals surface area contributed by atoms with Crippen LogP contribution in [0.5, 0.6) is 0 Å². The summed E-state index contributed by atoms with van der Waals surface area (Å²) in [5.41, 5.74) is 0.746. The Morgan fingerprint density at radius 1 is 1.02 bits per heavy atom. The molecule has 5 rings (SSSR count). The summed E-state index contributed by atoms with van der Waals surface area (Å²) in [5.74, 6) is -2.44. The number of halogens is 3. The lowest BCUT2D eigenvalue weighted by Gasteiger charge is -2.14. The predicted octanol–water partition coefficient (Wildman–Crippen LogP) is 3.67.